The summed E-state index contributed by atoms with van der Waals surface area (Å²) in [6, 6.07) is 7.98. The van der Waals surface area contributed by atoms with Crippen molar-refractivity contribution >= 4 is 0 Å². The van der Waals surface area contributed by atoms with Crippen molar-refractivity contribution in [3.63, 3.8) is 0 Å². The van der Waals surface area contributed by atoms with E-state index in [0.29, 0.717) is 11.5 Å². The Kier molecular flexibility index (Phi) is 3.71. The summed E-state index contributed by atoms with van der Waals surface area (Å²) < 4.78 is 0. The van der Waals surface area contributed by atoms with Crippen LogP contribution in [0.1, 0.15) is 62.8 Å². The number of phenolic OH excluding ortho intramolecular Hbond substituents is 2. The third kappa shape index (κ3) is 2.58. The minimum Gasteiger partial charge on any atom is -0.508 e. The molecule has 0 fully saturated rings. The Morgan fingerprint density at radius 2 is 1.00 bits per heavy atom. The molecular weight excluding hydrogens is 296 g/mol. The fourth-order valence-electron chi connectivity index (χ4n) is 3.85. The van der Waals surface area contributed by atoms with E-state index in [4.69, 9.17) is 0 Å². The normalized spacial score (nSPS) is 18.2. The summed E-state index contributed by atoms with van der Waals surface area (Å²) in [5.74, 6) is 0.628. The fourth-order valence-corrected chi connectivity index (χ4v) is 3.85. The van der Waals surface area contributed by atoms with E-state index in [1.54, 1.807) is 0 Å². The van der Waals surface area contributed by atoms with Gasteiger partial charge in [-0.25, -0.2) is 0 Å². The van der Waals surface area contributed by atoms with E-state index in [-0.39, 0.29) is 10.8 Å². The minimum atomic E-state index is 0.0171. The van der Waals surface area contributed by atoms with Crippen LogP contribution in [0.5, 0.6) is 11.5 Å². The Morgan fingerprint density at radius 1 is 0.667 bits per heavy atom. The molecule has 24 heavy (non-hydrogen) atoms. The lowest BCUT2D eigenvalue weighted by Gasteiger charge is -2.38. The van der Waals surface area contributed by atoms with Gasteiger partial charge in [-0.15, -0.1) is 0 Å². The zero-order chi connectivity index (χ0) is 17.9. The summed E-state index contributed by atoms with van der Waals surface area (Å²) in [7, 11) is 0. The van der Waals surface area contributed by atoms with E-state index in [1.165, 1.54) is 11.1 Å². The van der Waals surface area contributed by atoms with Gasteiger partial charge in [0.1, 0.15) is 11.5 Å². The number of hydrogen-bond acceptors (Lipinski definition) is 2. The maximum Gasteiger partial charge on any atom is 0.119 e. The predicted octanol–water partition coefficient (Wildman–Crippen LogP) is 5.73. The maximum absolute atomic E-state index is 10.3. The topological polar surface area (TPSA) is 40.5 Å². The average molecular weight is 324 g/mol. The van der Waals surface area contributed by atoms with Crippen LogP contribution in [0.25, 0.3) is 11.1 Å². The van der Waals surface area contributed by atoms with Crippen molar-refractivity contribution < 1.29 is 10.2 Å². The summed E-state index contributed by atoms with van der Waals surface area (Å²) in [5.41, 5.74) is 6.42. The van der Waals surface area contributed by atoms with Gasteiger partial charge in [-0.05, 0) is 83.0 Å². The third-order valence-electron chi connectivity index (χ3n) is 5.80. The Balaban J connectivity index is 2.44. The van der Waals surface area contributed by atoms with Crippen molar-refractivity contribution in [2.45, 2.75) is 65.2 Å². The van der Waals surface area contributed by atoms with Gasteiger partial charge in [0.25, 0.3) is 0 Å². The smallest absolute Gasteiger partial charge is 0.119 e. The van der Waals surface area contributed by atoms with Gasteiger partial charge < -0.3 is 10.2 Å². The van der Waals surface area contributed by atoms with E-state index in [9.17, 15) is 10.2 Å². The monoisotopic (exact) mass is 324 g/mol. The van der Waals surface area contributed by atoms with Crippen molar-refractivity contribution in [2.75, 3.05) is 0 Å². The molecule has 2 aromatic rings. The van der Waals surface area contributed by atoms with Gasteiger partial charge in [-0.2, -0.15) is 0 Å². The Hall–Kier alpha value is -1.96. The molecule has 2 nitrogen and oxygen atoms in total. The zero-order valence-electron chi connectivity index (χ0n) is 15.6. The highest BCUT2D eigenvalue weighted by molar-refractivity contribution is 5.77. The lowest BCUT2D eigenvalue weighted by molar-refractivity contribution is 0.370. The Bertz CT molecular complexity index is 744. The summed E-state index contributed by atoms with van der Waals surface area (Å²) in [5, 5.41) is 20.6. The van der Waals surface area contributed by atoms with Crippen molar-refractivity contribution in [3.05, 3.63) is 46.5 Å². The zero-order valence-corrected chi connectivity index (χ0v) is 15.6. The molecule has 3 rings (SSSR count). The van der Waals surface area contributed by atoms with E-state index in [2.05, 4.69) is 39.8 Å². The number of hydrogen-bond donors (Lipinski definition) is 2. The average Bonchev–Trinajstić information content (AvgIpc) is 2.49. The molecule has 0 saturated heterocycles. The first-order valence-electron chi connectivity index (χ1n) is 8.71. The van der Waals surface area contributed by atoms with Gasteiger partial charge in [-0.1, -0.05) is 39.8 Å². The van der Waals surface area contributed by atoms with E-state index < -0.39 is 0 Å². The van der Waals surface area contributed by atoms with Crippen molar-refractivity contribution in [1.82, 2.24) is 0 Å². The standard InChI is InChI=1S/C22H28O2/c1-13-9-17-15(11-19(13)23)16-12-20(24)14(2)10-18(16)22(5,6)8-7-21(17,3)4/h9-12,23-24H,7-8H2,1-6H3. The highest BCUT2D eigenvalue weighted by Gasteiger charge is 2.35. The van der Waals surface area contributed by atoms with Crippen LogP contribution in [0, 0.1) is 13.8 Å². The van der Waals surface area contributed by atoms with Crippen LogP contribution < -0.4 is 0 Å². The van der Waals surface area contributed by atoms with Gasteiger partial charge >= 0.3 is 0 Å². The SMILES string of the molecule is Cc1cc2c(cc1O)-c1cc(O)c(C)cc1C(C)(C)CCC2(C)C. The molecule has 2 aromatic carbocycles. The van der Waals surface area contributed by atoms with Crippen LogP contribution >= 0.6 is 0 Å². The molecule has 0 spiro atoms. The van der Waals surface area contributed by atoms with Crippen LogP contribution in [0.3, 0.4) is 0 Å². The molecular formula is C22H28O2. The summed E-state index contributed by atoms with van der Waals surface area (Å²) in [6.07, 6.45) is 2.16. The Morgan fingerprint density at radius 3 is 1.33 bits per heavy atom. The van der Waals surface area contributed by atoms with E-state index in [0.717, 1.165) is 35.1 Å². The van der Waals surface area contributed by atoms with Crippen molar-refractivity contribution in [3.8, 4) is 22.6 Å². The number of rotatable bonds is 0. The first kappa shape index (κ1) is 16.9. The molecule has 2 N–H and O–H groups in total. The predicted molar refractivity (Wildman–Crippen MR) is 100.0 cm³/mol. The van der Waals surface area contributed by atoms with Crippen LogP contribution in [0.4, 0.5) is 0 Å². The molecule has 0 aromatic heterocycles. The lowest BCUT2D eigenvalue weighted by atomic mass is 9.66. The molecule has 1 aliphatic carbocycles. The molecule has 0 atom stereocenters. The van der Waals surface area contributed by atoms with E-state index in [1.807, 2.05) is 26.0 Å². The van der Waals surface area contributed by atoms with Gasteiger partial charge in [0, 0.05) is 0 Å². The summed E-state index contributed by atoms with van der Waals surface area (Å²) in [6.45, 7) is 13.0. The van der Waals surface area contributed by atoms with Crippen molar-refractivity contribution in [1.29, 1.82) is 0 Å². The maximum atomic E-state index is 10.3. The summed E-state index contributed by atoms with van der Waals surface area (Å²) in [4.78, 5) is 0. The number of phenols is 2. The van der Waals surface area contributed by atoms with E-state index >= 15 is 0 Å². The molecule has 1 aliphatic rings. The number of aryl methyl sites for hydroxylation is 2. The lowest BCUT2D eigenvalue weighted by Crippen LogP contribution is -2.28. The molecule has 128 valence electrons. The molecule has 2 heteroatoms. The van der Waals surface area contributed by atoms with Gasteiger partial charge in [-0.3, -0.25) is 0 Å². The number of fused-ring (bicyclic) bond motifs is 3. The molecule has 0 aliphatic heterocycles. The molecule has 0 radical (unpaired) electrons. The fraction of sp³-hybridized carbons (Fsp3) is 0.455. The number of aromatic hydroxyl groups is 2. The molecule has 0 saturated carbocycles. The first-order chi connectivity index (χ1) is 11.0. The second kappa shape index (κ2) is 5.27. The highest BCUT2D eigenvalue weighted by Crippen LogP contribution is 2.49. The van der Waals surface area contributed by atoms with Gasteiger partial charge in [0.15, 0.2) is 0 Å². The number of benzene rings is 2. The van der Waals surface area contributed by atoms with Crippen LogP contribution in [-0.4, -0.2) is 10.2 Å². The molecule has 0 bridgehead atoms. The van der Waals surface area contributed by atoms with Crippen molar-refractivity contribution in [2.24, 2.45) is 0 Å². The highest BCUT2D eigenvalue weighted by atomic mass is 16.3. The third-order valence-corrected chi connectivity index (χ3v) is 5.80. The molecule has 0 heterocycles. The van der Waals surface area contributed by atoms with Gasteiger partial charge in [0.05, 0.1) is 0 Å². The van der Waals surface area contributed by atoms with Crippen LogP contribution in [0.2, 0.25) is 0 Å². The van der Waals surface area contributed by atoms with Crippen LogP contribution in [-0.2, 0) is 10.8 Å². The van der Waals surface area contributed by atoms with Gasteiger partial charge in [0.2, 0.25) is 0 Å². The quantitative estimate of drug-likeness (QED) is 0.649. The summed E-state index contributed by atoms with van der Waals surface area (Å²) >= 11 is 0. The second-order valence-corrected chi connectivity index (χ2v) is 8.64. The Labute approximate surface area is 145 Å². The molecule has 0 amide bonds. The largest absolute Gasteiger partial charge is 0.508 e. The molecule has 0 unspecified atom stereocenters. The second-order valence-electron chi connectivity index (χ2n) is 8.64. The van der Waals surface area contributed by atoms with Crippen LogP contribution in [0.15, 0.2) is 24.3 Å². The minimum absolute atomic E-state index is 0.0171. The first-order valence-corrected chi connectivity index (χ1v) is 8.71.